The van der Waals surface area contributed by atoms with Crippen molar-refractivity contribution in [2.24, 2.45) is 0 Å². The molecule has 0 unspecified atom stereocenters. The van der Waals surface area contributed by atoms with E-state index in [9.17, 15) is 24.4 Å². The molecule has 0 saturated carbocycles. The number of carbonyl (C=O) groups excluding carboxylic acids is 3. The molecule has 196 valence electrons. The summed E-state index contributed by atoms with van der Waals surface area (Å²) in [5.74, 6) is -1.54. The Hall–Kier alpha value is -4.09. The van der Waals surface area contributed by atoms with E-state index in [1.165, 1.54) is 16.4 Å². The number of esters is 2. The van der Waals surface area contributed by atoms with Crippen LogP contribution in [0.3, 0.4) is 0 Å². The van der Waals surface area contributed by atoms with Crippen LogP contribution < -0.4 is 10.5 Å². The van der Waals surface area contributed by atoms with E-state index in [-0.39, 0.29) is 23.5 Å². The van der Waals surface area contributed by atoms with Crippen LogP contribution in [0.4, 0.5) is 5.69 Å². The van der Waals surface area contributed by atoms with Gasteiger partial charge in [0.15, 0.2) is 23.7 Å². The van der Waals surface area contributed by atoms with Gasteiger partial charge in [0.1, 0.15) is 11.6 Å². The van der Waals surface area contributed by atoms with Gasteiger partial charge in [0, 0.05) is 18.9 Å². The number of nitrogens with zero attached hydrogens (tertiary/aromatic N) is 4. The Morgan fingerprint density at radius 3 is 2.55 bits per heavy atom. The molecule has 11 nitrogen and oxygen atoms in total. The molecular formula is C27H26N4O7. The Balaban J connectivity index is 1.55. The Bertz CT molecular complexity index is 1600. The van der Waals surface area contributed by atoms with E-state index in [1.807, 2.05) is 0 Å². The summed E-state index contributed by atoms with van der Waals surface area (Å²) < 4.78 is 12.7. The Morgan fingerprint density at radius 1 is 1.13 bits per heavy atom. The molecule has 2 saturated heterocycles. The summed E-state index contributed by atoms with van der Waals surface area (Å²) in [6.07, 6.45) is -2.04. The molecule has 3 aliphatic rings. The van der Waals surface area contributed by atoms with Crippen molar-refractivity contribution in [3.05, 3.63) is 70.3 Å². The molecule has 6 rings (SSSR count). The number of ether oxygens (including phenoxy) is 2. The summed E-state index contributed by atoms with van der Waals surface area (Å²) in [6.45, 7) is 6.01. The van der Waals surface area contributed by atoms with E-state index in [0.29, 0.717) is 16.8 Å². The van der Waals surface area contributed by atoms with Crippen molar-refractivity contribution < 1.29 is 29.1 Å². The molecule has 1 spiro atoms. The average molecular weight is 519 g/mol. The van der Waals surface area contributed by atoms with Crippen molar-refractivity contribution in [3.63, 3.8) is 0 Å². The number of hydrogen-bond donors (Lipinski definition) is 1. The maximum absolute atomic E-state index is 13.8. The van der Waals surface area contributed by atoms with Gasteiger partial charge in [0.05, 0.1) is 16.6 Å². The van der Waals surface area contributed by atoms with Crippen molar-refractivity contribution in [3.8, 4) is 0 Å². The van der Waals surface area contributed by atoms with E-state index in [0.717, 1.165) is 5.06 Å². The minimum absolute atomic E-state index is 0.0653. The standard InChI is InChI=1S/C27H26N4O7/c1-14(37-15(2)32)21-28-18-11-7-5-9-16(18)22(33)29(21)20-13-27(38-23(20)34)17-10-6-8-12-19(17)30-24(27)31(36)26(3,4)25(30)35/h5-12,14,20,24,36H,13H2,1-4H3/t14-,20+,24+,27+/m1/s1. The zero-order valence-corrected chi connectivity index (χ0v) is 21.2. The number of hydroxylamine groups is 2. The quantitative estimate of drug-likeness (QED) is 0.520. The Morgan fingerprint density at radius 2 is 1.82 bits per heavy atom. The number of anilines is 1. The van der Waals surface area contributed by atoms with Gasteiger partial charge in [-0.1, -0.05) is 30.3 Å². The maximum Gasteiger partial charge on any atom is 0.330 e. The first-order chi connectivity index (χ1) is 18.0. The molecule has 38 heavy (non-hydrogen) atoms. The molecule has 4 heterocycles. The second-order valence-corrected chi connectivity index (χ2v) is 10.4. The largest absolute Gasteiger partial charge is 0.455 e. The minimum atomic E-state index is -1.45. The fraction of sp³-hybridized carbons (Fsp3) is 0.370. The van der Waals surface area contributed by atoms with Crippen molar-refractivity contribution in [2.45, 2.75) is 63.6 Å². The lowest BCUT2D eigenvalue weighted by molar-refractivity contribution is -0.209. The summed E-state index contributed by atoms with van der Waals surface area (Å²) in [7, 11) is 0. The second kappa shape index (κ2) is 7.95. The summed E-state index contributed by atoms with van der Waals surface area (Å²) >= 11 is 0. The second-order valence-electron chi connectivity index (χ2n) is 10.4. The van der Waals surface area contributed by atoms with Gasteiger partial charge in [0.25, 0.3) is 11.5 Å². The first-order valence-electron chi connectivity index (χ1n) is 12.3. The highest BCUT2D eigenvalue weighted by atomic mass is 16.6. The van der Waals surface area contributed by atoms with Crippen LogP contribution in [0, 0.1) is 0 Å². The number of rotatable bonds is 3. The monoisotopic (exact) mass is 518 g/mol. The zero-order chi connectivity index (χ0) is 27.1. The van der Waals surface area contributed by atoms with Crippen LogP contribution in [0.1, 0.15) is 57.6 Å². The number of fused-ring (bicyclic) bond motifs is 6. The van der Waals surface area contributed by atoms with Gasteiger partial charge >= 0.3 is 11.9 Å². The molecule has 3 aromatic rings. The van der Waals surface area contributed by atoms with Crippen LogP contribution in [-0.4, -0.2) is 49.4 Å². The molecule has 1 amide bonds. The molecular weight excluding hydrogens is 492 g/mol. The van der Waals surface area contributed by atoms with Gasteiger partial charge in [-0.3, -0.25) is 23.9 Å². The van der Waals surface area contributed by atoms with Crippen LogP contribution in [0.5, 0.6) is 0 Å². The van der Waals surface area contributed by atoms with Gasteiger partial charge < -0.3 is 14.7 Å². The molecule has 2 fully saturated rings. The van der Waals surface area contributed by atoms with Crippen molar-refractivity contribution >= 4 is 34.4 Å². The van der Waals surface area contributed by atoms with Crippen LogP contribution >= 0.6 is 0 Å². The molecule has 0 radical (unpaired) electrons. The van der Waals surface area contributed by atoms with Crippen molar-refractivity contribution in [1.82, 2.24) is 14.6 Å². The summed E-state index contributed by atoms with van der Waals surface area (Å²) in [6, 6.07) is 12.6. The fourth-order valence-electron chi connectivity index (χ4n) is 5.98. The van der Waals surface area contributed by atoms with Gasteiger partial charge in [-0.25, -0.2) is 9.78 Å². The highest BCUT2D eigenvalue weighted by Gasteiger charge is 2.70. The zero-order valence-electron chi connectivity index (χ0n) is 21.2. The maximum atomic E-state index is 13.8. The van der Waals surface area contributed by atoms with E-state index >= 15 is 0 Å². The van der Waals surface area contributed by atoms with Crippen molar-refractivity contribution in [1.29, 1.82) is 0 Å². The minimum Gasteiger partial charge on any atom is -0.455 e. The SMILES string of the molecule is CC(=O)O[C@H](C)c1nc2ccccc2c(=O)n1[C@H]1C[C@]2(OC1=O)c1ccccc1N1C(=O)C(C)(C)N(O)[C@H]12. The molecule has 2 aromatic carbocycles. The molecule has 4 atom stereocenters. The smallest absolute Gasteiger partial charge is 0.330 e. The normalized spacial score (nSPS) is 26.5. The first kappa shape index (κ1) is 24.3. The third-order valence-electron chi connectivity index (χ3n) is 7.73. The van der Waals surface area contributed by atoms with Gasteiger partial charge in [-0.05, 0) is 39.0 Å². The van der Waals surface area contributed by atoms with E-state index < -0.39 is 46.9 Å². The number of amides is 1. The van der Waals surface area contributed by atoms with E-state index in [4.69, 9.17) is 9.47 Å². The topological polar surface area (TPSA) is 131 Å². The lowest BCUT2D eigenvalue weighted by Crippen LogP contribution is -2.52. The van der Waals surface area contributed by atoms with Gasteiger partial charge in [-0.15, -0.1) is 5.06 Å². The molecule has 3 aliphatic heterocycles. The number of carbonyl (C=O) groups is 3. The Kier molecular flexibility index (Phi) is 5.08. The Labute approximate surface area is 217 Å². The number of benzene rings is 2. The van der Waals surface area contributed by atoms with E-state index in [1.54, 1.807) is 69.3 Å². The summed E-state index contributed by atoms with van der Waals surface area (Å²) in [5, 5.41) is 12.4. The number of para-hydroxylation sites is 2. The number of hydrogen-bond acceptors (Lipinski definition) is 9. The summed E-state index contributed by atoms with van der Waals surface area (Å²) in [4.78, 5) is 58.7. The molecule has 11 heteroatoms. The highest BCUT2D eigenvalue weighted by Crippen LogP contribution is 2.58. The van der Waals surface area contributed by atoms with Gasteiger partial charge in [0.2, 0.25) is 0 Å². The molecule has 0 aliphatic carbocycles. The number of aromatic nitrogens is 2. The molecule has 1 aromatic heterocycles. The van der Waals surface area contributed by atoms with Gasteiger partial charge in [-0.2, -0.15) is 0 Å². The highest BCUT2D eigenvalue weighted by molar-refractivity contribution is 6.05. The lowest BCUT2D eigenvalue weighted by atomic mass is 9.88. The lowest BCUT2D eigenvalue weighted by Gasteiger charge is -2.35. The van der Waals surface area contributed by atoms with E-state index in [2.05, 4.69) is 4.98 Å². The van der Waals surface area contributed by atoms with Crippen LogP contribution in [0.25, 0.3) is 10.9 Å². The molecule has 1 N–H and O–H groups in total. The van der Waals surface area contributed by atoms with Crippen molar-refractivity contribution in [2.75, 3.05) is 4.90 Å². The van der Waals surface area contributed by atoms with Crippen LogP contribution in [0.2, 0.25) is 0 Å². The first-order valence-corrected chi connectivity index (χ1v) is 12.3. The third kappa shape index (κ3) is 3.05. The third-order valence-corrected chi connectivity index (χ3v) is 7.73. The van der Waals surface area contributed by atoms with Crippen LogP contribution in [0.15, 0.2) is 53.3 Å². The summed E-state index contributed by atoms with van der Waals surface area (Å²) in [5.41, 5.74) is -1.74. The predicted molar refractivity (Wildman–Crippen MR) is 133 cm³/mol. The van der Waals surface area contributed by atoms with Crippen LogP contribution in [-0.2, 0) is 29.5 Å². The fourth-order valence-corrected chi connectivity index (χ4v) is 5.98. The average Bonchev–Trinajstić information content (AvgIpc) is 3.42. The predicted octanol–water partition coefficient (Wildman–Crippen LogP) is 2.56. The molecule has 0 bridgehead atoms.